The van der Waals surface area contributed by atoms with E-state index in [-0.39, 0.29) is 0 Å². The molecular weight excluding hydrogens is 352 g/mol. The van der Waals surface area contributed by atoms with E-state index in [0.29, 0.717) is 0 Å². The predicted octanol–water partition coefficient (Wildman–Crippen LogP) is 1.87. The van der Waals surface area contributed by atoms with Crippen LogP contribution in [0.25, 0.3) is 16.7 Å². The van der Waals surface area contributed by atoms with Crippen molar-refractivity contribution in [3.8, 4) is 5.69 Å². The van der Waals surface area contributed by atoms with Crippen LogP contribution in [-0.4, -0.2) is 60.6 Å². The van der Waals surface area contributed by atoms with Gasteiger partial charge in [-0.15, -0.1) is 0 Å². The number of para-hydroxylation sites is 1. The van der Waals surface area contributed by atoms with E-state index >= 15 is 0 Å². The molecule has 1 aliphatic heterocycles. The Labute approximate surface area is 163 Å². The molecule has 0 saturated carbocycles. The Kier molecular flexibility index (Phi) is 4.25. The topological polar surface area (TPSA) is 67.9 Å². The zero-order valence-electron chi connectivity index (χ0n) is 15.8. The lowest BCUT2D eigenvalue weighted by Gasteiger charge is -2.35. The van der Waals surface area contributed by atoms with Gasteiger partial charge in [0, 0.05) is 51.5 Å². The Morgan fingerprint density at radius 1 is 0.929 bits per heavy atom. The van der Waals surface area contributed by atoms with Crippen molar-refractivity contribution in [2.24, 2.45) is 7.05 Å². The molecule has 0 amide bonds. The molecule has 0 radical (unpaired) electrons. The summed E-state index contributed by atoms with van der Waals surface area (Å²) in [6, 6.07) is 10.2. The van der Waals surface area contributed by atoms with Crippen LogP contribution in [0.5, 0.6) is 0 Å². The number of anilines is 1. The summed E-state index contributed by atoms with van der Waals surface area (Å²) in [6.45, 7) is 4.76. The standard InChI is InChI=1S/C20H22N8/c1-25-19-18(12-23-25)20(22-15-21-19)27-9-7-26(8-10-27)13-16-11-24-28(14-16)17-5-3-2-4-6-17/h2-6,11-12,14-15H,7-10,13H2,1H3. The molecule has 1 fully saturated rings. The van der Waals surface area contributed by atoms with E-state index in [0.717, 1.165) is 55.3 Å². The monoisotopic (exact) mass is 374 g/mol. The summed E-state index contributed by atoms with van der Waals surface area (Å²) in [4.78, 5) is 13.6. The van der Waals surface area contributed by atoms with Gasteiger partial charge in [-0.3, -0.25) is 9.58 Å². The van der Waals surface area contributed by atoms with Crippen LogP contribution in [0.15, 0.2) is 55.2 Å². The lowest BCUT2D eigenvalue weighted by molar-refractivity contribution is 0.249. The van der Waals surface area contributed by atoms with Crippen molar-refractivity contribution in [2.45, 2.75) is 6.54 Å². The minimum absolute atomic E-state index is 0.876. The minimum atomic E-state index is 0.876. The van der Waals surface area contributed by atoms with E-state index in [2.05, 4.69) is 48.3 Å². The summed E-state index contributed by atoms with van der Waals surface area (Å²) in [7, 11) is 1.91. The third-order valence-electron chi connectivity index (χ3n) is 5.24. The van der Waals surface area contributed by atoms with Gasteiger partial charge in [0.1, 0.15) is 12.1 Å². The summed E-state index contributed by atoms with van der Waals surface area (Å²) in [6.07, 6.45) is 7.56. The van der Waals surface area contributed by atoms with Crippen molar-refractivity contribution in [3.05, 3.63) is 60.8 Å². The molecule has 8 nitrogen and oxygen atoms in total. The molecule has 0 N–H and O–H groups in total. The highest BCUT2D eigenvalue weighted by atomic mass is 15.3. The molecule has 0 aliphatic carbocycles. The first-order valence-electron chi connectivity index (χ1n) is 9.47. The quantitative estimate of drug-likeness (QED) is 0.543. The van der Waals surface area contributed by atoms with Crippen LogP contribution in [0.2, 0.25) is 0 Å². The van der Waals surface area contributed by atoms with E-state index in [1.807, 2.05) is 42.3 Å². The van der Waals surface area contributed by atoms with Crippen LogP contribution in [0, 0.1) is 0 Å². The second-order valence-corrected chi connectivity index (χ2v) is 7.09. The van der Waals surface area contributed by atoms with Crippen molar-refractivity contribution in [1.29, 1.82) is 0 Å². The molecule has 4 aromatic rings. The molecule has 0 bridgehead atoms. The highest BCUT2D eigenvalue weighted by molar-refractivity contribution is 5.86. The summed E-state index contributed by atoms with van der Waals surface area (Å²) in [5.74, 6) is 0.981. The van der Waals surface area contributed by atoms with Gasteiger partial charge in [-0.1, -0.05) is 18.2 Å². The molecule has 0 unspecified atom stereocenters. The largest absolute Gasteiger partial charge is 0.353 e. The smallest absolute Gasteiger partial charge is 0.163 e. The molecule has 4 heterocycles. The Morgan fingerprint density at radius 2 is 1.75 bits per heavy atom. The van der Waals surface area contributed by atoms with E-state index < -0.39 is 0 Å². The molecule has 28 heavy (non-hydrogen) atoms. The average molecular weight is 374 g/mol. The maximum Gasteiger partial charge on any atom is 0.163 e. The van der Waals surface area contributed by atoms with Gasteiger partial charge in [0.05, 0.1) is 23.5 Å². The molecular formula is C20H22N8. The fraction of sp³-hybridized carbons (Fsp3) is 0.300. The molecule has 8 heteroatoms. The predicted molar refractivity (Wildman–Crippen MR) is 107 cm³/mol. The van der Waals surface area contributed by atoms with Crippen LogP contribution in [0.4, 0.5) is 5.82 Å². The average Bonchev–Trinajstić information content (AvgIpc) is 3.36. The van der Waals surface area contributed by atoms with E-state index in [9.17, 15) is 0 Å². The highest BCUT2D eigenvalue weighted by Crippen LogP contribution is 2.23. The molecule has 1 aromatic carbocycles. The first-order valence-corrected chi connectivity index (χ1v) is 9.47. The summed E-state index contributed by atoms with van der Waals surface area (Å²) in [5, 5.41) is 9.84. The third-order valence-corrected chi connectivity index (χ3v) is 5.24. The number of rotatable bonds is 4. The Hall–Kier alpha value is -3.26. The number of aromatic nitrogens is 6. The number of fused-ring (bicyclic) bond motifs is 1. The number of hydrogen-bond acceptors (Lipinski definition) is 6. The molecule has 3 aromatic heterocycles. The van der Waals surface area contributed by atoms with Gasteiger partial charge in [0.2, 0.25) is 0 Å². The second-order valence-electron chi connectivity index (χ2n) is 7.09. The summed E-state index contributed by atoms with van der Waals surface area (Å²) >= 11 is 0. The molecule has 1 saturated heterocycles. The van der Waals surface area contributed by atoms with Crippen molar-refractivity contribution in [2.75, 3.05) is 31.1 Å². The van der Waals surface area contributed by atoms with Crippen LogP contribution in [-0.2, 0) is 13.6 Å². The third kappa shape index (κ3) is 3.11. The fourth-order valence-corrected chi connectivity index (χ4v) is 3.74. The number of piperazine rings is 1. The molecule has 1 aliphatic rings. The van der Waals surface area contributed by atoms with Gasteiger partial charge >= 0.3 is 0 Å². The van der Waals surface area contributed by atoms with Gasteiger partial charge in [-0.2, -0.15) is 10.2 Å². The Morgan fingerprint density at radius 3 is 2.57 bits per heavy atom. The summed E-state index contributed by atoms with van der Waals surface area (Å²) < 4.78 is 3.73. The molecule has 5 rings (SSSR count). The maximum atomic E-state index is 4.52. The fourth-order valence-electron chi connectivity index (χ4n) is 3.74. The van der Waals surface area contributed by atoms with Crippen molar-refractivity contribution >= 4 is 16.9 Å². The minimum Gasteiger partial charge on any atom is -0.353 e. The van der Waals surface area contributed by atoms with Crippen LogP contribution >= 0.6 is 0 Å². The zero-order chi connectivity index (χ0) is 18.9. The Bertz CT molecular complexity index is 1080. The first-order chi connectivity index (χ1) is 13.8. The first kappa shape index (κ1) is 16.9. The van der Waals surface area contributed by atoms with Crippen molar-refractivity contribution < 1.29 is 0 Å². The van der Waals surface area contributed by atoms with E-state index in [1.165, 1.54) is 5.56 Å². The summed E-state index contributed by atoms with van der Waals surface area (Å²) in [5.41, 5.74) is 3.19. The second kappa shape index (κ2) is 7.05. The van der Waals surface area contributed by atoms with Gasteiger partial charge in [0.15, 0.2) is 5.65 Å². The maximum absolute atomic E-state index is 4.52. The SMILES string of the molecule is Cn1ncc2c(N3CCN(Cc4cnn(-c5ccccc5)c4)CC3)ncnc21. The number of aryl methyl sites for hydroxylation is 1. The van der Waals surface area contributed by atoms with Gasteiger partial charge < -0.3 is 4.90 Å². The van der Waals surface area contributed by atoms with Gasteiger partial charge in [0.25, 0.3) is 0 Å². The molecule has 0 spiro atoms. The van der Waals surface area contributed by atoms with E-state index in [4.69, 9.17) is 0 Å². The van der Waals surface area contributed by atoms with E-state index in [1.54, 1.807) is 11.0 Å². The van der Waals surface area contributed by atoms with Crippen molar-refractivity contribution in [1.82, 2.24) is 34.4 Å². The number of hydrogen-bond donors (Lipinski definition) is 0. The van der Waals surface area contributed by atoms with Crippen LogP contribution in [0.1, 0.15) is 5.56 Å². The lowest BCUT2D eigenvalue weighted by Crippen LogP contribution is -2.46. The van der Waals surface area contributed by atoms with Gasteiger partial charge in [-0.25, -0.2) is 14.6 Å². The van der Waals surface area contributed by atoms with Gasteiger partial charge in [-0.05, 0) is 12.1 Å². The number of nitrogens with zero attached hydrogens (tertiary/aromatic N) is 8. The Balaban J connectivity index is 1.25. The van der Waals surface area contributed by atoms with Crippen LogP contribution < -0.4 is 4.90 Å². The van der Waals surface area contributed by atoms with Crippen LogP contribution in [0.3, 0.4) is 0 Å². The zero-order valence-corrected chi connectivity index (χ0v) is 15.8. The molecule has 0 atom stereocenters. The highest BCUT2D eigenvalue weighted by Gasteiger charge is 2.21. The molecule has 142 valence electrons. The normalized spacial score (nSPS) is 15.4. The lowest BCUT2D eigenvalue weighted by atomic mass is 10.2. The van der Waals surface area contributed by atoms with Crippen molar-refractivity contribution in [3.63, 3.8) is 0 Å². The number of benzene rings is 1.